The van der Waals surface area contributed by atoms with Crippen LogP contribution < -0.4 is 4.90 Å². The van der Waals surface area contributed by atoms with Crippen molar-refractivity contribution in [3.8, 4) is 0 Å². The normalized spacial score (nSPS) is 17.6. The number of rotatable bonds is 3. The summed E-state index contributed by atoms with van der Waals surface area (Å²) in [7, 11) is 0. The number of pyridine rings is 1. The highest BCUT2D eigenvalue weighted by Gasteiger charge is 2.46. The second-order valence-corrected chi connectivity index (χ2v) is 7.30. The average molecular weight is 372 g/mol. The summed E-state index contributed by atoms with van der Waals surface area (Å²) in [5.74, 6) is -4.16. The van der Waals surface area contributed by atoms with Crippen LogP contribution in [-0.4, -0.2) is 21.8 Å². The molecule has 1 aromatic carbocycles. The number of aliphatic hydroxyl groups is 1. The second kappa shape index (κ2) is 6.57. The molecule has 0 radical (unpaired) electrons. The Kier molecular flexibility index (Phi) is 4.55. The maximum absolute atomic E-state index is 13.8. The van der Waals surface area contributed by atoms with Crippen LogP contribution in [0.2, 0.25) is 0 Å². The van der Waals surface area contributed by atoms with Crippen LogP contribution in [0.25, 0.3) is 0 Å². The van der Waals surface area contributed by atoms with Crippen LogP contribution in [0.4, 0.5) is 14.5 Å². The monoisotopic (exact) mass is 372 g/mol. The highest BCUT2D eigenvalue weighted by Crippen LogP contribution is 2.43. The molecular formula is C20H18F2N2O3. The van der Waals surface area contributed by atoms with E-state index in [0.29, 0.717) is 5.56 Å². The van der Waals surface area contributed by atoms with Gasteiger partial charge in [-0.25, -0.2) is 8.78 Å². The Morgan fingerprint density at radius 1 is 1.11 bits per heavy atom. The lowest BCUT2D eigenvalue weighted by Crippen LogP contribution is -2.33. The summed E-state index contributed by atoms with van der Waals surface area (Å²) in [4.78, 5) is 30.7. The van der Waals surface area contributed by atoms with Gasteiger partial charge in [0.2, 0.25) is 0 Å². The third-order valence-corrected chi connectivity index (χ3v) is 4.34. The molecule has 5 nitrogen and oxygen atoms in total. The number of carbonyl (C=O) groups excluding carboxylic acids is 2. The average Bonchev–Trinajstić information content (AvgIpc) is 2.88. The molecule has 1 aliphatic heterocycles. The first-order chi connectivity index (χ1) is 12.6. The number of ketones is 1. The molecule has 0 aliphatic carbocycles. The van der Waals surface area contributed by atoms with Crippen molar-refractivity contribution >= 4 is 17.4 Å². The SMILES string of the molecule is CC(C)(C)C(=O)C1=C(O)C(=O)N(c2ccc(F)c(F)c2)C1c1ccncc1. The lowest BCUT2D eigenvalue weighted by atomic mass is 9.82. The molecular weight excluding hydrogens is 354 g/mol. The van der Waals surface area contributed by atoms with Gasteiger partial charge in [-0.3, -0.25) is 19.5 Å². The molecule has 0 spiro atoms. The van der Waals surface area contributed by atoms with Gasteiger partial charge in [-0.2, -0.15) is 0 Å². The Hall–Kier alpha value is -3.09. The number of aliphatic hydroxyl groups excluding tert-OH is 1. The predicted molar refractivity (Wildman–Crippen MR) is 94.9 cm³/mol. The first kappa shape index (κ1) is 18.7. The summed E-state index contributed by atoms with van der Waals surface area (Å²) in [6.45, 7) is 5.01. The van der Waals surface area contributed by atoms with Crippen LogP contribution in [0.5, 0.6) is 0 Å². The Labute approximate surface area is 155 Å². The molecule has 2 heterocycles. The molecule has 0 bridgehead atoms. The lowest BCUT2D eigenvalue weighted by molar-refractivity contribution is -0.123. The highest BCUT2D eigenvalue weighted by atomic mass is 19.2. The zero-order valence-electron chi connectivity index (χ0n) is 15.0. The molecule has 7 heteroatoms. The topological polar surface area (TPSA) is 70.5 Å². The molecule has 0 saturated heterocycles. The van der Waals surface area contributed by atoms with Gasteiger partial charge in [0.15, 0.2) is 23.2 Å². The quantitative estimate of drug-likeness (QED) is 0.888. The van der Waals surface area contributed by atoms with Crippen LogP contribution in [0.3, 0.4) is 0 Å². The molecule has 0 fully saturated rings. The van der Waals surface area contributed by atoms with E-state index in [1.807, 2.05) is 0 Å². The van der Waals surface area contributed by atoms with Crippen LogP contribution in [0.1, 0.15) is 32.4 Å². The zero-order chi connectivity index (χ0) is 19.9. The van der Waals surface area contributed by atoms with E-state index in [4.69, 9.17) is 0 Å². The van der Waals surface area contributed by atoms with Crippen molar-refractivity contribution in [3.05, 3.63) is 71.3 Å². The number of Topliss-reactive ketones (excluding diaryl/α,β-unsaturated/α-hetero) is 1. The van der Waals surface area contributed by atoms with Crippen LogP contribution in [-0.2, 0) is 9.59 Å². The summed E-state index contributed by atoms with van der Waals surface area (Å²) in [6, 6.07) is 5.19. The number of aromatic nitrogens is 1. The van der Waals surface area contributed by atoms with E-state index in [0.717, 1.165) is 17.0 Å². The first-order valence-electron chi connectivity index (χ1n) is 8.29. The summed E-state index contributed by atoms with van der Waals surface area (Å²) < 4.78 is 27.1. The van der Waals surface area contributed by atoms with Gasteiger partial charge in [0.1, 0.15) is 0 Å². The van der Waals surface area contributed by atoms with Gasteiger partial charge in [0.25, 0.3) is 5.91 Å². The lowest BCUT2D eigenvalue weighted by Gasteiger charge is -2.28. The van der Waals surface area contributed by atoms with E-state index in [1.54, 1.807) is 32.9 Å². The molecule has 0 saturated carbocycles. The predicted octanol–water partition coefficient (Wildman–Crippen LogP) is 3.88. The third-order valence-electron chi connectivity index (χ3n) is 4.34. The summed E-state index contributed by atoms with van der Waals surface area (Å²) in [5, 5.41) is 10.5. The number of anilines is 1. The smallest absolute Gasteiger partial charge is 0.294 e. The van der Waals surface area contributed by atoms with Crippen molar-refractivity contribution < 1.29 is 23.5 Å². The number of benzene rings is 1. The van der Waals surface area contributed by atoms with Gasteiger partial charge in [0, 0.05) is 29.6 Å². The molecule has 1 aliphatic rings. The number of carbonyl (C=O) groups is 2. The third kappa shape index (κ3) is 3.20. The fourth-order valence-electron chi connectivity index (χ4n) is 3.00. The van der Waals surface area contributed by atoms with E-state index < -0.39 is 40.5 Å². The standard InChI is InChI=1S/C20H18F2N2O3/c1-20(2,3)18(26)15-16(11-6-8-23-9-7-11)24(19(27)17(15)25)12-4-5-13(21)14(22)10-12/h4-10,16,25H,1-3H3. The van der Waals surface area contributed by atoms with Gasteiger partial charge < -0.3 is 5.11 Å². The summed E-state index contributed by atoms with van der Waals surface area (Å²) >= 11 is 0. The van der Waals surface area contributed by atoms with E-state index >= 15 is 0 Å². The fraction of sp³-hybridized carbons (Fsp3) is 0.250. The number of amides is 1. The van der Waals surface area contributed by atoms with Crippen molar-refractivity contribution in [1.82, 2.24) is 4.98 Å². The molecule has 1 atom stereocenters. The fourth-order valence-corrected chi connectivity index (χ4v) is 3.00. The molecule has 1 N–H and O–H groups in total. The Bertz CT molecular complexity index is 949. The highest BCUT2D eigenvalue weighted by molar-refractivity contribution is 6.17. The maximum atomic E-state index is 13.8. The minimum atomic E-state index is -1.14. The van der Waals surface area contributed by atoms with Crippen molar-refractivity contribution in [1.29, 1.82) is 0 Å². The molecule has 2 aromatic rings. The van der Waals surface area contributed by atoms with Crippen molar-refractivity contribution in [2.24, 2.45) is 5.41 Å². The Balaban J connectivity index is 2.21. The van der Waals surface area contributed by atoms with Crippen LogP contribution in [0, 0.1) is 17.0 Å². The molecule has 27 heavy (non-hydrogen) atoms. The molecule has 1 unspecified atom stereocenters. The number of hydrogen-bond donors (Lipinski definition) is 1. The van der Waals surface area contributed by atoms with E-state index in [-0.39, 0.29) is 11.3 Å². The van der Waals surface area contributed by atoms with E-state index in [2.05, 4.69) is 4.98 Å². The van der Waals surface area contributed by atoms with Crippen molar-refractivity contribution in [2.45, 2.75) is 26.8 Å². The first-order valence-corrected chi connectivity index (χ1v) is 8.29. The van der Waals surface area contributed by atoms with Gasteiger partial charge in [-0.1, -0.05) is 20.8 Å². The molecule has 3 rings (SSSR count). The minimum Gasteiger partial charge on any atom is -0.503 e. The second-order valence-electron chi connectivity index (χ2n) is 7.30. The minimum absolute atomic E-state index is 0.0315. The number of nitrogens with zero attached hydrogens (tertiary/aromatic N) is 2. The summed E-state index contributed by atoms with van der Waals surface area (Å²) in [6.07, 6.45) is 2.97. The van der Waals surface area contributed by atoms with Gasteiger partial charge in [0.05, 0.1) is 11.6 Å². The van der Waals surface area contributed by atoms with Crippen molar-refractivity contribution in [3.63, 3.8) is 0 Å². The van der Waals surface area contributed by atoms with Crippen LogP contribution >= 0.6 is 0 Å². The molecule has 1 aromatic heterocycles. The zero-order valence-corrected chi connectivity index (χ0v) is 15.0. The van der Waals surface area contributed by atoms with Gasteiger partial charge in [-0.15, -0.1) is 0 Å². The largest absolute Gasteiger partial charge is 0.503 e. The number of halogens is 2. The van der Waals surface area contributed by atoms with E-state index in [1.165, 1.54) is 18.5 Å². The Morgan fingerprint density at radius 3 is 2.30 bits per heavy atom. The molecule has 1 amide bonds. The Morgan fingerprint density at radius 2 is 1.74 bits per heavy atom. The van der Waals surface area contributed by atoms with Crippen molar-refractivity contribution in [2.75, 3.05) is 4.90 Å². The summed E-state index contributed by atoms with van der Waals surface area (Å²) in [5.41, 5.74) is -0.397. The van der Waals surface area contributed by atoms with Gasteiger partial charge in [-0.05, 0) is 29.8 Å². The maximum Gasteiger partial charge on any atom is 0.294 e. The van der Waals surface area contributed by atoms with Gasteiger partial charge >= 0.3 is 0 Å². The van der Waals surface area contributed by atoms with Crippen LogP contribution in [0.15, 0.2) is 54.1 Å². The van der Waals surface area contributed by atoms with E-state index in [9.17, 15) is 23.5 Å². The molecule has 140 valence electrons. The number of hydrogen-bond acceptors (Lipinski definition) is 4.